The molecule has 0 aromatic heterocycles. The summed E-state index contributed by atoms with van der Waals surface area (Å²) >= 11 is 0. The molecule has 0 radical (unpaired) electrons. The average molecular weight is 235 g/mol. The van der Waals surface area contributed by atoms with Gasteiger partial charge >= 0.3 is 0 Å². The van der Waals surface area contributed by atoms with Crippen molar-refractivity contribution in [3.05, 3.63) is 35.4 Å². The molecule has 1 saturated heterocycles. The van der Waals surface area contributed by atoms with Gasteiger partial charge in [0.25, 0.3) is 0 Å². The lowest BCUT2D eigenvalue weighted by molar-refractivity contribution is 0.215. The van der Waals surface area contributed by atoms with Gasteiger partial charge in [-0.2, -0.15) is 0 Å². The third kappa shape index (κ3) is 2.86. The molecule has 1 aromatic rings. The largest absolute Gasteiger partial charge is 0.308 e. The van der Waals surface area contributed by atoms with Gasteiger partial charge in [-0.1, -0.05) is 24.3 Å². The molecule has 1 unspecified atom stereocenters. The molecule has 2 rings (SSSR count). The van der Waals surface area contributed by atoms with Crippen LogP contribution in [0.5, 0.6) is 0 Å². The van der Waals surface area contributed by atoms with E-state index in [0.29, 0.717) is 6.42 Å². The van der Waals surface area contributed by atoms with Gasteiger partial charge in [-0.25, -0.2) is 4.39 Å². The van der Waals surface area contributed by atoms with Gasteiger partial charge in [0.15, 0.2) is 0 Å². The lowest BCUT2D eigenvalue weighted by Crippen LogP contribution is -2.35. The van der Waals surface area contributed by atoms with Crippen molar-refractivity contribution in [1.29, 1.82) is 0 Å². The van der Waals surface area contributed by atoms with Gasteiger partial charge in [0, 0.05) is 12.0 Å². The van der Waals surface area contributed by atoms with E-state index in [-0.39, 0.29) is 5.54 Å². The van der Waals surface area contributed by atoms with E-state index in [9.17, 15) is 4.39 Å². The Hall–Kier alpha value is -0.890. The molecule has 0 spiro atoms. The van der Waals surface area contributed by atoms with E-state index in [1.807, 2.05) is 6.07 Å². The van der Waals surface area contributed by atoms with Crippen LogP contribution >= 0.6 is 0 Å². The molecule has 1 aliphatic heterocycles. The van der Waals surface area contributed by atoms with Crippen LogP contribution in [0.15, 0.2) is 24.3 Å². The number of alkyl halides is 1. The highest BCUT2D eigenvalue weighted by Crippen LogP contribution is 2.34. The molecule has 17 heavy (non-hydrogen) atoms. The van der Waals surface area contributed by atoms with Crippen molar-refractivity contribution >= 4 is 0 Å². The maximum atomic E-state index is 13.8. The predicted octanol–water partition coefficient (Wildman–Crippen LogP) is 3.58. The van der Waals surface area contributed by atoms with Crippen LogP contribution in [-0.2, 0) is 12.0 Å². The van der Waals surface area contributed by atoms with E-state index in [2.05, 4.69) is 30.4 Å². The Morgan fingerprint density at radius 1 is 1.35 bits per heavy atom. The molecule has 1 aliphatic rings. The first-order valence-corrected chi connectivity index (χ1v) is 6.43. The summed E-state index contributed by atoms with van der Waals surface area (Å²) in [5.74, 6) is 0. The van der Waals surface area contributed by atoms with Crippen molar-refractivity contribution in [3.63, 3.8) is 0 Å². The molecule has 94 valence electrons. The summed E-state index contributed by atoms with van der Waals surface area (Å²) in [6.07, 6.45) is 2.82. The van der Waals surface area contributed by atoms with Crippen LogP contribution in [-0.4, -0.2) is 12.2 Å². The van der Waals surface area contributed by atoms with Crippen molar-refractivity contribution in [1.82, 2.24) is 5.32 Å². The first-order valence-electron chi connectivity index (χ1n) is 6.43. The molecular weight excluding hydrogens is 213 g/mol. The Morgan fingerprint density at radius 3 is 2.65 bits per heavy atom. The summed E-state index contributed by atoms with van der Waals surface area (Å²) in [6.45, 7) is 6.58. The average Bonchev–Trinajstić information content (AvgIpc) is 2.64. The zero-order valence-electron chi connectivity index (χ0n) is 11.0. The quantitative estimate of drug-likeness (QED) is 0.844. The first kappa shape index (κ1) is 12.6. The molecule has 0 aliphatic carbocycles. The minimum atomic E-state index is -1.15. The van der Waals surface area contributed by atoms with Gasteiger partial charge in [0.1, 0.15) is 5.67 Å². The lowest BCUT2D eigenvalue weighted by Gasteiger charge is -2.29. The number of rotatable bonds is 3. The standard InChI is InChI=1S/C15H22FN/c1-14(2,16)11-12-7-4-5-8-13(12)15(3)9-6-10-17-15/h4-5,7-8,17H,6,9-11H2,1-3H3. The number of nitrogens with one attached hydrogen (secondary N) is 1. The number of benzene rings is 1. The molecular formula is C15H22FN. The van der Waals surface area contributed by atoms with Crippen molar-refractivity contribution in [3.8, 4) is 0 Å². The molecule has 1 nitrogen and oxygen atoms in total. The second-order valence-electron chi connectivity index (χ2n) is 5.92. The molecule has 1 aromatic carbocycles. The summed E-state index contributed by atoms with van der Waals surface area (Å²) in [5, 5.41) is 3.55. The minimum Gasteiger partial charge on any atom is -0.308 e. The predicted molar refractivity (Wildman–Crippen MR) is 69.9 cm³/mol. The topological polar surface area (TPSA) is 12.0 Å². The fraction of sp³-hybridized carbons (Fsp3) is 0.600. The number of halogens is 1. The summed E-state index contributed by atoms with van der Waals surface area (Å²) < 4.78 is 13.8. The van der Waals surface area contributed by atoms with Crippen LogP contribution in [0.1, 0.15) is 44.7 Å². The molecule has 1 atom stereocenters. The van der Waals surface area contributed by atoms with Crippen LogP contribution in [0.3, 0.4) is 0 Å². The second-order valence-corrected chi connectivity index (χ2v) is 5.92. The smallest absolute Gasteiger partial charge is 0.109 e. The van der Waals surface area contributed by atoms with Crippen molar-refractivity contribution in [2.45, 2.75) is 51.2 Å². The molecule has 1 heterocycles. The minimum absolute atomic E-state index is 0.0296. The van der Waals surface area contributed by atoms with Gasteiger partial charge in [-0.3, -0.25) is 0 Å². The van der Waals surface area contributed by atoms with Crippen molar-refractivity contribution < 1.29 is 4.39 Å². The molecule has 1 fully saturated rings. The van der Waals surface area contributed by atoms with E-state index in [0.717, 1.165) is 18.5 Å². The highest BCUT2D eigenvalue weighted by molar-refractivity contribution is 5.35. The highest BCUT2D eigenvalue weighted by Gasteiger charge is 2.32. The Morgan fingerprint density at radius 2 is 2.06 bits per heavy atom. The van der Waals surface area contributed by atoms with Crippen LogP contribution in [0, 0.1) is 0 Å². The van der Waals surface area contributed by atoms with Crippen LogP contribution < -0.4 is 5.32 Å². The Bertz CT molecular complexity index is 386. The lowest BCUT2D eigenvalue weighted by atomic mass is 9.84. The summed E-state index contributed by atoms with van der Waals surface area (Å²) in [7, 11) is 0. The van der Waals surface area contributed by atoms with Gasteiger partial charge in [-0.05, 0) is 51.3 Å². The Labute approximate surface area is 103 Å². The summed E-state index contributed by atoms with van der Waals surface area (Å²) in [5.41, 5.74) is 1.28. The van der Waals surface area contributed by atoms with Crippen LogP contribution in [0.4, 0.5) is 4.39 Å². The number of hydrogen-bond acceptors (Lipinski definition) is 1. The van der Waals surface area contributed by atoms with Gasteiger partial charge in [0.2, 0.25) is 0 Å². The molecule has 0 bridgehead atoms. The van der Waals surface area contributed by atoms with E-state index in [4.69, 9.17) is 0 Å². The fourth-order valence-electron chi connectivity index (χ4n) is 2.79. The van der Waals surface area contributed by atoms with Crippen LogP contribution in [0.25, 0.3) is 0 Å². The molecule has 2 heteroatoms. The molecule has 0 saturated carbocycles. The monoisotopic (exact) mass is 235 g/mol. The zero-order valence-corrected chi connectivity index (χ0v) is 11.0. The van der Waals surface area contributed by atoms with Gasteiger partial charge in [-0.15, -0.1) is 0 Å². The zero-order chi connectivity index (χ0) is 12.5. The van der Waals surface area contributed by atoms with Crippen LogP contribution in [0.2, 0.25) is 0 Å². The summed E-state index contributed by atoms with van der Waals surface area (Å²) in [6, 6.07) is 8.25. The van der Waals surface area contributed by atoms with Gasteiger partial charge in [0.05, 0.1) is 0 Å². The Balaban J connectivity index is 2.33. The van der Waals surface area contributed by atoms with Crippen molar-refractivity contribution in [2.24, 2.45) is 0 Å². The maximum Gasteiger partial charge on any atom is 0.109 e. The van der Waals surface area contributed by atoms with Crippen molar-refractivity contribution in [2.75, 3.05) is 6.54 Å². The normalized spacial score (nSPS) is 25.2. The van der Waals surface area contributed by atoms with E-state index in [1.165, 1.54) is 12.0 Å². The fourth-order valence-corrected chi connectivity index (χ4v) is 2.79. The maximum absolute atomic E-state index is 13.8. The summed E-state index contributed by atoms with van der Waals surface area (Å²) in [4.78, 5) is 0. The SMILES string of the molecule is CC(C)(F)Cc1ccccc1C1(C)CCCN1. The third-order valence-electron chi connectivity index (χ3n) is 3.59. The highest BCUT2D eigenvalue weighted by atomic mass is 19.1. The van der Waals surface area contributed by atoms with E-state index in [1.54, 1.807) is 13.8 Å². The Kier molecular flexibility index (Phi) is 3.26. The first-order chi connectivity index (χ1) is 7.91. The molecule has 1 N–H and O–H groups in total. The number of hydrogen-bond donors (Lipinski definition) is 1. The van der Waals surface area contributed by atoms with Gasteiger partial charge < -0.3 is 5.32 Å². The third-order valence-corrected chi connectivity index (χ3v) is 3.59. The second kappa shape index (κ2) is 4.41. The van der Waals surface area contributed by atoms with E-state index >= 15 is 0 Å². The van der Waals surface area contributed by atoms with E-state index < -0.39 is 5.67 Å². The molecule has 0 amide bonds.